The number of carboxylic acid groups (broad SMARTS) is 1. The molecule has 1 N–H and O–H groups in total. The number of rotatable bonds is 4. The maximum atomic E-state index is 10.8. The monoisotopic (exact) mass is 261 g/mol. The molecule has 0 aliphatic rings. The zero-order valence-electron chi connectivity index (χ0n) is 10.4. The number of thiazole rings is 1. The zero-order chi connectivity index (χ0) is 13.1. The number of hydrogen-bond donors (Lipinski definition) is 1. The molecule has 0 spiro atoms. The quantitative estimate of drug-likeness (QED) is 0.918. The van der Waals surface area contributed by atoms with E-state index in [0.717, 1.165) is 33.1 Å². The van der Waals surface area contributed by atoms with E-state index in [2.05, 4.69) is 4.98 Å². The fourth-order valence-electron chi connectivity index (χ4n) is 1.86. The molecule has 2 aromatic rings. The molecule has 0 aliphatic carbocycles. The van der Waals surface area contributed by atoms with Gasteiger partial charge in [-0.2, -0.15) is 0 Å². The van der Waals surface area contributed by atoms with Crippen LogP contribution in [0.3, 0.4) is 0 Å². The van der Waals surface area contributed by atoms with Gasteiger partial charge in [0.1, 0.15) is 5.01 Å². The first-order chi connectivity index (χ1) is 8.61. The Morgan fingerprint density at radius 1 is 1.39 bits per heavy atom. The lowest BCUT2D eigenvalue weighted by molar-refractivity contribution is -0.136. The van der Waals surface area contributed by atoms with Crippen LogP contribution in [0.2, 0.25) is 0 Å². The van der Waals surface area contributed by atoms with Gasteiger partial charge in [-0.25, -0.2) is 4.98 Å². The number of carboxylic acids is 1. The van der Waals surface area contributed by atoms with Crippen LogP contribution in [0.1, 0.15) is 23.1 Å². The Balaban J connectivity index is 2.44. The van der Waals surface area contributed by atoms with E-state index in [0.29, 0.717) is 0 Å². The largest absolute Gasteiger partial charge is 0.481 e. The van der Waals surface area contributed by atoms with Gasteiger partial charge in [-0.05, 0) is 18.9 Å². The number of aryl methyl sites for hydroxylation is 2. The molecule has 0 atom stereocenters. The summed E-state index contributed by atoms with van der Waals surface area (Å²) in [4.78, 5) is 16.3. The smallest absolute Gasteiger partial charge is 0.308 e. The van der Waals surface area contributed by atoms with Crippen molar-refractivity contribution in [1.82, 2.24) is 4.98 Å². The van der Waals surface area contributed by atoms with Crippen molar-refractivity contribution in [2.45, 2.75) is 26.7 Å². The molecule has 0 bridgehead atoms. The third-order valence-electron chi connectivity index (χ3n) is 2.80. The molecule has 2 rings (SSSR count). The lowest BCUT2D eigenvalue weighted by atomic mass is 10.1. The van der Waals surface area contributed by atoms with Crippen LogP contribution in [0.5, 0.6) is 0 Å². The highest BCUT2D eigenvalue weighted by molar-refractivity contribution is 7.15. The molecule has 0 amide bonds. The van der Waals surface area contributed by atoms with Crippen molar-refractivity contribution in [3.05, 3.63) is 40.4 Å². The topological polar surface area (TPSA) is 50.2 Å². The summed E-state index contributed by atoms with van der Waals surface area (Å²) in [5, 5.41) is 9.82. The Labute approximate surface area is 110 Å². The van der Waals surface area contributed by atoms with Crippen molar-refractivity contribution < 1.29 is 9.90 Å². The van der Waals surface area contributed by atoms with Crippen LogP contribution < -0.4 is 0 Å². The molecule has 94 valence electrons. The van der Waals surface area contributed by atoms with E-state index < -0.39 is 5.97 Å². The Morgan fingerprint density at radius 3 is 2.72 bits per heavy atom. The van der Waals surface area contributed by atoms with Gasteiger partial charge in [0.05, 0.1) is 12.1 Å². The van der Waals surface area contributed by atoms with Crippen LogP contribution in [0.25, 0.3) is 10.6 Å². The normalized spacial score (nSPS) is 10.6. The molecule has 3 nitrogen and oxygen atoms in total. The molecule has 0 saturated carbocycles. The number of nitrogens with zero attached hydrogens (tertiary/aromatic N) is 1. The van der Waals surface area contributed by atoms with Gasteiger partial charge in [0, 0.05) is 10.4 Å². The Morgan fingerprint density at radius 2 is 2.11 bits per heavy atom. The zero-order valence-corrected chi connectivity index (χ0v) is 11.3. The molecule has 0 fully saturated rings. The lowest BCUT2D eigenvalue weighted by Crippen LogP contribution is -2.00. The minimum atomic E-state index is -0.801. The molecule has 18 heavy (non-hydrogen) atoms. The third kappa shape index (κ3) is 2.59. The van der Waals surface area contributed by atoms with Gasteiger partial charge in [0.15, 0.2) is 0 Å². The molecule has 0 radical (unpaired) electrons. The maximum absolute atomic E-state index is 10.8. The second-order valence-electron chi connectivity index (χ2n) is 4.13. The number of aromatic nitrogens is 1. The number of hydrogen-bond acceptors (Lipinski definition) is 3. The second-order valence-corrected chi connectivity index (χ2v) is 5.21. The van der Waals surface area contributed by atoms with Gasteiger partial charge in [-0.15, -0.1) is 11.3 Å². The molecular formula is C14H15NO2S. The van der Waals surface area contributed by atoms with Gasteiger partial charge in [0.2, 0.25) is 0 Å². The standard InChI is InChI=1S/C14H15NO2S/c1-3-11-12(8-13(16)17)18-14(15-11)10-7-5-4-6-9(10)2/h4-7H,3,8H2,1-2H3,(H,16,17). The summed E-state index contributed by atoms with van der Waals surface area (Å²) in [6, 6.07) is 8.04. The molecule has 1 heterocycles. The van der Waals surface area contributed by atoms with Crippen molar-refractivity contribution in [2.24, 2.45) is 0 Å². The molecule has 0 saturated heterocycles. The van der Waals surface area contributed by atoms with Gasteiger partial charge in [0.25, 0.3) is 0 Å². The fourth-order valence-corrected chi connectivity index (χ4v) is 3.09. The van der Waals surface area contributed by atoms with Crippen LogP contribution in [-0.2, 0) is 17.6 Å². The molecule has 1 aromatic carbocycles. The Kier molecular flexibility index (Phi) is 3.77. The summed E-state index contributed by atoms with van der Waals surface area (Å²) in [7, 11) is 0. The van der Waals surface area contributed by atoms with Gasteiger partial charge in [-0.1, -0.05) is 31.2 Å². The lowest BCUT2D eigenvalue weighted by Gasteiger charge is -1.99. The van der Waals surface area contributed by atoms with Crippen LogP contribution in [0.4, 0.5) is 0 Å². The van der Waals surface area contributed by atoms with E-state index in [9.17, 15) is 4.79 Å². The predicted molar refractivity (Wildman–Crippen MR) is 73.0 cm³/mol. The molecule has 1 aromatic heterocycles. The predicted octanol–water partition coefficient (Wildman–Crippen LogP) is 3.31. The van der Waals surface area contributed by atoms with Crippen LogP contribution in [0, 0.1) is 6.92 Å². The number of aliphatic carboxylic acids is 1. The summed E-state index contributed by atoms with van der Waals surface area (Å²) in [5.74, 6) is -0.801. The van der Waals surface area contributed by atoms with Crippen molar-refractivity contribution in [2.75, 3.05) is 0 Å². The van der Waals surface area contributed by atoms with Gasteiger partial charge < -0.3 is 5.11 Å². The number of carbonyl (C=O) groups is 1. The maximum Gasteiger partial charge on any atom is 0.308 e. The van der Waals surface area contributed by atoms with Crippen LogP contribution in [-0.4, -0.2) is 16.1 Å². The summed E-state index contributed by atoms with van der Waals surface area (Å²) < 4.78 is 0. The van der Waals surface area contributed by atoms with E-state index in [1.54, 1.807) is 0 Å². The van der Waals surface area contributed by atoms with Crippen molar-refractivity contribution in [3.63, 3.8) is 0 Å². The summed E-state index contributed by atoms with van der Waals surface area (Å²) in [6.07, 6.45) is 0.831. The van der Waals surface area contributed by atoms with Crippen molar-refractivity contribution in [1.29, 1.82) is 0 Å². The molecule has 0 unspecified atom stereocenters. The SMILES string of the molecule is CCc1nc(-c2ccccc2C)sc1CC(=O)O. The first-order valence-corrected chi connectivity index (χ1v) is 6.69. The summed E-state index contributed by atoms with van der Waals surface area (Å²) in [6.45, 7) is 4.04. The van der Waals surface area contributed by atoms with E-state index in [1.807, 2.05) is 38.1 Å². The summed E-state index contributed by atoms with van der Waals surface area (Å²) >= 11 is 1.49. The molecular weight excluding hydrogens is 246 g/mol. The average molecular weight is 261 g/mol. The molecule has 0 aliphatic heterocycles. The third-order valence-corrected chi connectivity index (χ3v) is 3.93. The number of benzene rings is 1. The highest BCUT2D eigenvalue weighted by Crippen LogP contribution is 2.30. The second kappa shape index (κ2) is 5.31. The fraction of sp³-hybridized carbons (Fsp3) is 0.286. The van der Waals surface area contributed by atoms with Gasteiger partial charge >= 0.3 is 5.97 Å². The minimum Gasteiger partial charge on any atom is -0.481 e. The van der Waals surface area contributed by atoms with Crippen LogP contribution >= 0.6 is 11.3 Å². The average Bonchev–Trinajstić information content (AvgIpc) is 2.71. The minimum absolute atomic E-state index is 0.0622. The highest BCUT2D eigenvalue weighted by atomic mass is 32.1. The Bertz CT molecular complexity index is 575. The van der Waals surface area contributed by atoms with Crippen molar-refractivity contribution >= 4 is 17.3 Å². The van der Waals surface area contributed by atoms with Crippen LogP contribution in [0.15, 0.2) is 24.3 Å². The Hall–Kier alpha value is -1.68. The first kappa shape index (κ1) is 12.8. The van der Waals surface area contributed by atoms with E-state index in [-0.39, 0.29) is 6.42 Å². The van der Waals surface area contributed by atoms with E-state index in [4.69, 9.17) is 5.11 Å². The van der Waals surface area contributed by atoms with Gasteiger partial charge in [-0.3, -0.25) is 4.79 Å². The first-order valence-electron chi connectivity index (χ1n) is 5.88. The molecule has 4 heteroatoms. The van der Waals surface area contributed by atoms with E-state index >= 15 is 0 Å². The highest BCUT2D eigenvalue weighted by Gasteiger charge is 2.14. The van der Waals surface area contributed by atoms with E-state index in [1.165, 1.54) is 11.3 Å². The summed E-state index contributed by atoms with van der Waals surface area (Å²) in [5.41, 5.74) is 3.16. The van der Waals surface area contributed by atoms with Crippen molar-refractivity contribution in [3.8, 4) is 10.6 Å².